The quantitative estimate of drug-likeness (QED) is 0.689. The van der Waals surface area contributed by atoms with Crippen LogP contribution in [0.3, 0.4) is 0 Å². The van der Waals surface area contributed by atoms with Crippen molar-refractivity contribution in [3.05, 3.63) is 11.1 Å². The largest absolute Gasteiger partial charge is 0.393 e. The molecule has 1 amide bonds. The lowest BCUT2D eigenvalue weighted by Crippen LogP contribution is -2.27. The summed E-state index contributed by atoms with van der Waals surface area (Å²) in [6.45, 7) is 0.436. The molecule has 0 aliphatic rings. The first-order valence-electron chi connectivity index (χ1n) is 3.53. The molecular weight excluding hydrogens is 208 g/mol. The number of carbonyl (C=O) groups is 1. The fraction of sp³-hybridized carbons (Fsp3) is 0.333. The minimum absolute atomic E-state index is 0.245. The molecule has 0 radical (unpaired) electrons. The smallest absolute Gasteiger partial charge is 0.272 e. The van der Waals surface area contributed by atoms with Crippen LogP contribution in [-0.2, 0) is 0 Å². The van der Waals surface area contributed by atoms with Gasteiger partial charge in [0.25, 0.3) is 5.91 Å². The molecule has 1 aromatic rings. The van der Waals surface area contributed by atoms with Crippen LogP contribution in [0.25, 0.3) is 0 Å². The summed E-state index contributed by atoms with van der Waals surface area (Å²) in [6, 6.07) is 0. The molecular formula is C6H8N4OS2. The molecule has 70 valence electrons. The Morgan fingerprint density at radius 1 is 1.77 bits per heavy atom. The molecule has 0 spiro atoms. The van der Waals surface area contributed by atoms with E-state index in [1.165, 1.54) is 0 Å². The van der Waals surface area contributed by atoms with Crippen molar-refractivity contribution in [2.24, 2.45) is 5.73 Å². The SMILES string of the molecule is NC(=S)CCNC(=O)c1csnn1. The first kappa shape index (κ1) is 10.0. The Morgan fingerprint density at radius 3 is 3.08 bits per heavy atom. The Morgan fingerprint density at radius 2 is 2.54 bits per heavy atom. The maximum absolute atomic E-state index is 11.2. The van der Waals surface area contributed by atoms with Gasteiger partial charge in [0, 0.05) is 18.3 Å². The van der Waals surface area contributed by atoms with Crippen LogP contribution < -0.4 is 11.1 Å². The van der Waals surface area contributed by atoms with Crippen LogP contribution in [0.15, 0.2) is 5.38 Å². The number of nitrogens with one attached hydrogen (secondary N) is 1. The Hall–Kier alpha value is -1.08. The molecule has 5 nitrogen and oxygen atoms in total. The van der Waals surface area contributed by atoms with Gasteiger partial charge in [0.05, 0.1) is 4.99 Å². The number of hydrogen-bond acceptors (Lipinski definition) is 5. The molecule has 0 saturated carbocycles. The van der Waals surface area contributed by atoms with Crippen molar-refractivity contribution in [2.75, 3.05) is 6.54 Å². The third-order valence-electron chi connectivity index (χ3n) is 1.25. The molecule has 0 saturated heterocycles. The van der Waals surface area contributed by atoms with E-state index in [-0.39, 0.29) is 5.91 Å². The maximum atomic E-state index is 11.2. The van der Waals surface area contributed by atoms with Gasteiger partial charge >= 0.3 is 0 Å². The maximum Gasteiger partial charge on any atom is 0.272 e. The second-order valence-electron chi connectivity index (χ2n) is 2.26. The van der Waals surface area contributed by atoms with Crippen molar-refractivity contribution < 1.29 is 4.79 Å². The lowest BCUT2D eigenvalue weighted by molar-refractivity contribution is 0.0950. The first-order chi connectivity index (χ1) is 6.20. The zero-order valence-corrected chi connectivity index (χ0v) is 8.32. The summed E-state index contributed by atoms with van der Waals surface area (Å²) in [5, 5.41) is 7.80. The van der Waals surface area contributed by atoms with E-state index in [9.17, 15) is 4.79 Å². The van der Waals surface area contributed by atoms with Crippen molar-refractivity contribution in [3.63, 3.8) is 0 Å². The molecule has 0 fully saturated rings. The van der Waals surface area contributed by atoms with Crippen molar-refractivity contribution in [3.8, 4) is 0 Å². The summed E-state index contributed by atoms with van der Waals surface area (Å²) >= 11 is 5.78. The molecule has 1 heterocycles. The zero-order chi connectivity index (χ0) is 9.68. The summed E-state index contributed by atoms with van der Waals surface area (Å²) in [4.78, 5) is 11.6. The van der Waals surface area contributed by atoms with Crippen LogP contribution in [-0.4, -0.2) is 27.0 Å². The number of amides is 1. The number of rotatable bonds is 4. The number of nitrogens with two attached hydrogens (primary N) is 1. The number of aromatic nitrogens is 2. The Kier molecular flexibility index (Phi) is 3.71. The number of nitrogens with zero attached hydrogens (tertiary/aromatic N) is 2. The summed E-state index contributed by atoms with van der Waals surface area (Å²) in [5.74, 6) is -0.245. The van der Waals surface area contributed by atoms with Gasteiger partial charge in [-0.05, 0) is 11.5 Å². The average molecular weight is 216 g/mol. The highest BCUT2D eigenvalue weighted by Gasteiger charge is 2.06. The second kappa shape index (κ2) is 4.83. The Labute approximate surface area is 84.5 Å². The molecule has 0 atom stereocenters. The van der Waals surface area contributed by atoms with Crippen molar-refractivity contribution >= 4 is 34.6 Å². The standard InChI is InChI=1S/C6H8N4OS2/c7-5(12)1-2-8-6(11)4-3-13-10-9-4/h3H,1-2H2,(H2,7,12)(H,8,11). The van der Waals surface area contributed by atoms with E-state index in [0.717, 1.165) is 11.5 Å². The van der Waals surface area contributed by atoms with E-state index < -0.39 is 0 Å². The van der Waals surface area contributed by atoms with Crippen molar-refractivity contribution in [1.82, 2.24) is 14.9 Å². The molecule has 0 unspecified atom stereocenters. The lowest BCUT2D eigenvalue weighted by atomic mass is 10.4. The van der Waals surface area contributed by atoms with Crippen molar-refractivity contribution in [2.45, 2.75) is 6.42 Å². The Balaban J connectivity index is 2.31. The predicted molar refractivity (Wildman–Crippen MR) is 53.6 cm³/mol. The minimum atomic E-state index is -0.245. The van der Waals surface area contributed by atoms with Gasteiger partial charge in [-0.3, -0.25) is 4.79 Å². The van der Waals surface area contributed by atoms with Crippen LogP contribution in [0.1, 0.15) is 16.9 Å². The number of hydrogen-bond donors (Lipinski definition) is 2. The summed E-state index contributed by atoms with van der Waals surface area (Å²) in [5.41, 5.74) is 5.58. The van der Waals surface area contributed by atoms with Crippen molar-refractivity contribution in [1.29, 1.82) is 0 Å². The van der Waals surface area contributed by atoms with Gasteiger partial charge in [-0.25, -0.2) is 0 Å². The summed E-state index contributed by atoms with van der Waals surface area (Å²) < 4.78 is 3.57. The van der Waals surface area contributed by atoms with Crippen LogP contribution in [0.2, 0.25) is 0 Å². The number of thiocarbonyl (C=S) groups is 1. The molecule has 0 aliphatic carbocycles. The minimum Gasteiger partial charge on any atom is -0.393 e. The van der Waals surface area contributed by atoms with Crippen LogP contribution in [0.4, 0.5) is 0 Å². The fourth-order valence-electron chi connectivity index (χ4n) is 0.653. The molecule has 0 aromatic carbocycles. The molecule has 0 bridgehead atoms. The van der Waals surface area contributed by atoms with Crippen LogP contribution in [0.5, 0.6) is 0 Å². The first-order valence-corrected chi connectivity index (χ1v) is 4.78. The van der Waals surface area contributed by atoms with E-state index >= 15 is 0 Å². The monoisotopic (exact) mass is 216 g/mol. The van der Waals surface area contributed by atoms with Gasteiger partial charge in [0.1, 0.15) is 0 Å². The van der Waals surface area contributed by atoms with Gasteiger partial charge in [-0.2, -0.15) is 0 Å². The summed E-state index contributed by atoms with van der Waals surface area (Å²) in [7, 11) is 0. The zero-order valence-electron chi connectivity index (χ0n) is 6.69. The third kappa shape index (κ3) is 3.43. The lowest BCUT2D eigenvalue weighted by Gasteiger charge is -2.00. The molecule has 3 N–H and O–H groups in total. The molecule has 0 aliphatic heterocycles. The van der Waals surface area contributed by atoms with E-state index in [1.54, 1.807) is 5.38 Å². The third-order valence-corrected chi connectivity index (χ3v) is 1.96. The highest BCUT2D eigenvalue weighted by molar-refractivity contribution is 7.80. The average Bonchev–Trinajstić information content (AvgIpc) is 2.55. The van der Waals surface area contributed by atoms with Gasteiger partial charge in [0.2, 0.25) is 0 Å². The van der Waals surface area contributed by atoms with Gasteiger partial charge in [-0.1, -0.05) is 16.7 Å². The molecule has 7 heteroatoms. The van der Waals surface area contributed by atoms with E-state index in [2.05, 4.69) is 27.1 Å². The van der Waals surface area contributed by atoms with Gasteiger partial charge in [0.15, 0.2) is 5.69 Å². The fourth-order valence-corrected chi connectivity index (χ4v) is 1.19. The molecule has 1 rings (SSSR count). The van der Waals surface area contributed by atoms with Crippen LogP contribution >= 0.6 is 23.8 Å². The highest BCUT2D eigenvalue weighted by atomic mass is 32.1. The molecule has 13 heavy (non-hydrogen) atoms. The second-order valence-corrected chi connectivity index (χ2v) is 3.40. The predicted octanol–water partition coefficient (Wildman–Crippen LogP) is -0.0559. The molecule has 1 aromatic heterocycles. The van der Waals surface area contributed by atoms with E-state index in [4.69, 9.17) is 5.73 Å². The highest BCUT2D eigenvalue weighted by Crippen LogP contribution is 1.95. The Bertz CT molecular complexity index is 298. The number of carbonyl (C=O) groups excluding carboxylic acids is 1. The van der Waals surface area contributed by atoms with Crippen LogP contribution in [0, 0.1) is 0 Å². The normalized spacial score (nSPS) is 9.54. The van der Waals surface area contributed by atoms with E-state index in [1.807, 2.05) is 0 Å². The van der Waals surface area contributed by atoms with Gasteiger partial charge in [-0.15, -0.1) is 5.10 Å². The topological polar surface area (TPSA) is 80.9 Å². The summed E-state index contributed by atoms with van der Waals surface area (Å²) in [6.07, 6.45) is 0.499. The van der Waals surface area contributed by atoms with E-state index in [0.29, 0.717) is 23.6 Å². The van der Waals surface area contributed by atoms with Gasteiger partial charge < -0.3 is 11.1 Å².